The molecule has 0 atom stereocenters. The van der Waals surface area contributed by atoms with Crippen molar-refractivity contribution in [3.05, 3.63) is 0 Å². The van der Waals surface area contributed by atoms with Crippen molar-refractivity contribution >= 4 is 11.8 Å². The fourth-order valence-corrected chi connectivity index (χ4v) is 0.898. The summed E-state index contributed by atoms with van der Waals surface area (Å²) < 4.78 is 0. The van der Waals surface area contributed by atoms with E-state index < -0.39 is 0 Å². The Balaban J connectivity index is 0. The summed E-state index contributed by atoms with van der Waals surface area (Å²) in [4.78, 5) is 21.5. The molecule has 2 N–H and O–H groups in total. The predicted octanol–water partition coefficient (Wildman–Crippen LogP) is 1.84. The van der Waals surface area contributed by atoms with Crippen LogP contribution in [-0.2, 0) is 9.59 Å². The molecule has 1 saturated carbocycles. The molecule has 0 bridgehead atoms. The van der Waals surface area contributed by atoms with E-state index in [1.54, 1.807) is 0 Å². The van der Waals surface area contributed by atoms with Gasteiger partial charge in [-0.1, -0.05) is 27.7 Å². The second-order valence-electron chi connectivity index (χ2n) is 3.52. The van der Waals surface area contributed by atoms with E-state index in [1.165, 1.54) is 6.92 Å². The van der Waals surface area contributed by atoms with E-state index in [1.807, 2.05) is 34.6 Å². The zero-order valence-electron chi connectivity index (χ0n) is 11.4. The van der Waals surface area contributed by atoms with Gasteiger partial charge in [0.1, 0.15) is 0 Å². The molecule has 0 aliphatic heterocycles. The van der Waals surface area contributed by atoms with E-state index in [2.05, 4.69) is 10.6 Å². The lowest BCUT2D eigenvalue weighted by Gasteiger charge is -2.10. The number of hydrogen-bond donors (Lipinski definition) is 2. The summed E-state index contributed by atoms with van der Waals surface area (Å²) in [6.07, 6.45) is 2.08. The van der Waals surface area contributed by atoms with Gasteiger partial charge in [-0.15, -0.1) is 0 Å². The lowest BCUT2D eigenvalue weighted by molar-refractivity contribution is -0.125. The van der Waals surface area contributed by atoms with Gasteiger partial charge in [0.15, 0.2) is 0 Å². The summed E-state index contributed by atoms with van der Waals surface area (Å²) >= 11 is 0. The molecule has 0 heterocycles. The molecule has 0 aromatic heterocycles. The minimum Gasteiger partial charge on any atom is -0.349 e. The molecular weight excluding hydrogens is 204 g/mol. The van der Waals surface area contributed by atoms with Gasteiger partial charge in [-0.2, -0.15) is 0 Å². The summed E-state index contributed by atoms with van der Waals surface area (Å²) in [5.41, 5.74) is 0.00948. The summed E-state index contributed by atoms with van der Waals surface area (Å²) in [5.74, 6) is -0.281. The zero-order chi connectivity index (χ0) is 13.2. The molecule has 96 valence electrons. The number of rotatable bonds is 3. The Morgan fingerprint density at radius 3 is 1.88 bits per heavy atom. The maximum absolute atomic E-state index is 11.1. The Labute approximate surface area is 99.2 Å². The standard InChI is InChI=1S/C8H14N2O2.2C2H6/c1-6(11)9-5-7(12)10-8(2)3-4-8;2*1-2/h3-5H2,1-2H3,(H,9,11)(H,10,12);2*1-2H3. The second-order valence-corrected chi connectivity index (χ2v) is 3.52. The van der Waals surface area contributed by atoms with Crippen molar-refractivity contribution < 1.29 is 9.59 Å². The van der Waals surface area contributed by atoms with Gasteiger partial charge in [-0.05, 0) is 19.8 Å². The Kier molecular flexibility index (Phi) is 9.96. The van der Waals surface area contributed by atoms with Crippen LogP contribution in [0.4, 0.5) is 0 Å². The average Bonchev–Trinajstić information content (AvgIpc) is 2.99. The predicted molar refractivity (Wildman–Crippen MR) is 67.2 cm³/mol. The van der Waals surface area contributed by atoms with Crippen molar-refractivity contribution in [1.29, 1.82) is 0 Å². The third-order valence-corrected chi connectivity index (χ3v) is 1.94. The number of carbonyl (C=O) groups is 2. The molecule has 16 heavy (non-hydrogen) atoms. The Morgan fingerprint density at radius 2 is 1.56 bits per heavy atom. The molecule has 1 fully saturated rings. The lowest BCUT2D eigenvalue weighted by Crippen LogP contribution is -2.41. The minimum absolute atomic E-state index is 0.00948. The summed E-state index contributed by atoms with van der Waals surface area (Å²) in [5, 5.41) is 5.28. The summed E-state index contributed by atoms with van der Waals surface area (Å²) in [6.45, 7) is 11.5. The molecule has 1 aliphatic rings. The summed E-state index contributed by atoms with van der Waals surface area (Å²) in [6, 6.07) is 0. The molecular formula is C12H26N2O2. The highest BCUT2D eigenvalue weighted by molar-refractivity contribution is 5.84. The van der Waals surface area contributed by atoms with Gasteiger partial charge in [0.2, 0.25) is 11.8 Å². The van der Waals surface area contributed by atoms with E-state index in [0.29, 0.717) is 0 Å². The first-order valence-corrected chi connectivity index (χ1v) is 6.07. The molecule has 0 spiro atoms. The molecule has 1 rings (SSSR count). The van der Waals surface area contributed by atoms with Crippen LogP contribution in [0.5, 0.6) is 0 Å². The highest BCUT2D eigenvalue weighted by Gasteiger charge is 2.38. The Bertz CT molecular complexity index is 211. The van der Waals surface area contributed by atoms with Crippen LogP contribution in [0.1, 0.15) is 54.4 Å². The van der Waals surface area contributed by atoms with Gasteiger partial charge in [0, 0.05) is 12.5 Å². The van der Waals surface area contributed by atoms with E-state index in [-0.39, 0.29) is 23.9 Å². The monoisotopic (exact) mass is 230 g/mol. The number of carbonyl (C=O) groups excluding carboxylic acids is 2. The van der Waals surface area contributed by atoms with Crippen LogP contribution in [0.2, 0.25) is 0 Å². The quantitative estimate of drug-likeness (QED) is 0.777. The van der Waals surface area contributed by atoms with Gasteiger partial charge < -0.3 is 10.6 Å². The van der Waals surface area contributed by atoms with Crippen molar-refractivity contribution in [1.82, 2.24) is 10.6 Å². The smallest absolute Gasteiger partial charge is 0.239 e. The average molecular weight is 230 g/mol. The molecule has 0 saturated heterocycles. The molecule has 1 aliphatic carbocycles. The summed E-state index contributed by atoms with van der Waals surface area (Å²) in [7, 11) is 0. The fraction of sp³-hybridized carbons (Fsp3) is 0.833. The zero-order valence-corrected chi connectivity index (χ0v) is 11.4. The van der Waals surface area contributed by atoms with Gasteiger partial charge in [-0.25, -0.2) is 0 Å². The Morgan fingerprint density at radius 1 is 1.12 bits per heavy atom. The lowest BCUT2D eigenvalue weighted by atomic mass is 10.3. The normalized spacial score (nSPS) is 14.4. The van der Waals surface area contributed by atoms with Crippen molar-refractivity contribution in [2.75, 3.05) is 6.54 Å². The molecule has 0 aromatic carbocycles. The highest BCUT2D eigenvalue weighted by atomic mass is 16.2. The van der Waals surface area contributed by atoms with E-state index in [4.69, 9.17) is 0 Å². The van der Waals surface area contributed by atoms with Crippen LogP contribution in [-0.4, -0.2) is 23.9 Å². The van der Waals surface area contributed by atoms with Crippen LogP contribution in [0.25, 0.3) is 0 Å². The fourth-order valence-electron chi connectivity index (χ4n) is 0.898. The van der Waals surface area contributed by atoms with Gasteiger partial charge >= 0.3 is 0 Å². The van der Waals surface area contributed by atoms with Crippen molar-refractivity contribution in [3.8, 4) is 0 Å². The van der Waals surface area contributed by atoms with Crippen LogP contribution in [0, 0.1) is 0 Å². The largest absolute Gasteiger partial charge is 0.349 e. The maximum Gasteiger partial charge on any atom is 0.239 e. The number of amides is 2. The number of nitrogens with one attached hydrogen (secondary N) is 2. The van der Waals surface area contributed by atoms with Crippen LogP contribution < -0.4 is 10.6 Å². The molecule has 2 amide bonds. The van der Waals surface area contributed by atoms with Gasteiger partial charge in [0.25, 0.3) is 0 Å². The first-order chi connectivity index (χ1) is 7.52. The third kappa shape index (κ3) is 9.49. The first kappa shape index (κ1) is 17.3. The van der Waals surface area contributed by atoms with Crippen molar-refractivity contribution in [3.63, 3.8) is 0 Å². The minimum atomic E-state index is -0.175. The van der Waals surface area contributed by atoms with Gasteiger partial charge in [-0.3, -0.25) is 9.59 Å². The topological polar surface area (TPSA) is 58.2 Å². The molecule has 4 heteroatoms. The van der Waals surface area contributed by atoms with E-state index in [0.717, 1.165) is 12.8 Å². The van der Waals surface area contributed by atoms with Crippen LogP contribution in [0.3, 0.4) is 0 Å². The molecule has 0 unspecified atom stereocenters. The molecule has 0 radical (unpaired) electrons. The first-order valence-electron chi connectivity index (χ1n) is 6.07. The SMILES string of the molecule is CC.CC.CC(=O)NCC(=O)NC1(C)CC1. The highest BCUT2D eigenvalue weighted by Crippen LogP contribution is 2.33. The van der Waals surface area contributed by atoms with E-state index >= 15 is 0 Å². The maximum atomic E-state index is 11.1. The second kappa shape index (κ2) is 9.19. The van der Waals surface area contributed by atoms with Gasteiger partial charge in [0.05, 0.1) is 6.54 Å². The molecule has 4 nitrogen and oxygen atoms in total. The number of hydrogen-bond acceptors (Lipinski definition) is 2. The van der Waals surface area contributed by atoms with E-state index in [9.17, 15) is 9.59 Å². The molecule has 0 aromatic rings. The Hall–Kier alpha value is -1.06. The third-order valence-electron chi connectivity index (χ3n) is 1.94. The van der Waals surface area contributed by atoms with Crippen LogP contribution in [0.15, 0.2) is 0 Å². The van der Waals surface area contributed by atoms with Crippen molar-refractivity contribution in [2.24, 2.45) is 0 Å². The van der Waals surface area contributed by atoms with Crippen LogP contribution >= 0.6 is 0 Å². The van der Waals surface area contributed by atoms with Crippen molar-refractivity contribution in [2.45, 2.75) is 59.9 Å².